The van der Waals surface area contributed by atoms with Crippen LogP contribution in [0.15, 0.2) is 0 Å². The van der Waals surface area contributed by atoms with Crippen LogP contribution in [0.4, 0.5) is 0 Å². The average Bonchev–Trinajstić information content (AvgIpc) is 2.17. The first-order valence-corrected chi connectivity index (χ1v) is 5.98. The number of methoxy groups -OCH3 is 1. The van der Waals surface area contributed by atoms with Gasteiger partial charge in [-0.15, -0.1) is 0 Å². The van der Waals surface area contributed by atoms with E-state index in [1.165, 1.54) is 12.8 Å². The van der Waals surface area contributed by atoms with E-state index in [0.29, 0.717) is 0 Å². The molecule has 3 nitrogen and oxygen atoms in total. The van der Waals surface area contributed by atoms with Gasteiger partial charge in [0.1, 0.15) is 0 Å². The number of nitrogens with zero attached hydrogens (tertiary/aromatic N) is 1. The molecular weight excluding hydrogens is 190 g/mol. The van der Waals surface area contributed by atoms with E-state index < -0.39 is 0 Å². The van der Waals surface area contributed by atoms with Crippen LogP contribution >= 0.6 is 0 Å². The third-order valence-electron chi connectivity index (χ3n) is 2.53. The third-order valence-corrected chi connectivity index (χ3v) is 2.53. The number of aliphatic hydroxyl groups excluding tert-OH is 1. The molecule has 0 aromatic carbocycles. The van der Waals surface area contributed by atoms with Gasteiger partial charge in [-0.1, -0.05) is 12.8 Å². The maximum atomic E-state index is 9.62. The Labute approximate surface area is 94.4 Å². The Morgan fingerprint density at radius 1 is 1.07 bits per heavy atom. The minimum absolute atomic E-state index is 0.125. The van der Waals surface area contributed by atoms with Crippen molar-refractivity contribution in [1.29, 1.82) is 0 Å². The van der Waals surface area contributed by atoms with E-state index in [2.05, 4.69) is 19.0 Å². The summed E-state index contributed by atoms with van der Waals surface area (Å²) in [6, 6.07) is 0. The Bertz CT molecular complexity index is 129. The van der Waals surface area contributed by atoms with E-state index in [9.17, 15) is 5.11 Å². The summed E-state index contributed by atoms with van der Waals surface area (Å²) < 4.78 is 4.94. The van der Waals surface area contributed by atoms with Crippen molar-refractivity contribution in [3.63, 3.8) is 0 Å². The van der Waals surface area contributed by atoms with Crippen molar-refractivity contribution in [3.05, 3.63) is 0 Å². The molecule has 15 heavy (non-hydrogen) atoms. The number of rotatable bonds is 10. The molecule has 0 fully saturated rings. The second-order valence-electron chi connectivity index (χ2n) is 4.44. The fraction of sp³-hybridized carbons (Fsp3) is 1.00. The van der Waals surface area contributed by atoms with Crippen LogP contribution in [0.2, 0.25) is 0 Å². The molecule has 0 aromatic rings. The van der Waals surface area contributed by atoms with Gasteiger partial charge < -0.3 is 14.7 Å². The third kappa shape index (κ3) is 11.8. The summed E-state index contributed by atoms with van der Waals surface area (Å²) in [5.41, 5.74) is 0. The maximum absolute atomic E-state index is 9.62. The van der Waals surface area contributed by atoms with Crippen LogP contribution in [-0.4, -0.2) is 50.5 Å². The molecule has 0 saturated carbocycles. The average molecular weight is 217 g/mol. The van der Waals surface area contributed by atoms with E-state index in [1.54, 1.807) is 7.11 Å². The Hall–Kier alpha value is -0.120. The molecule has 0 saturated heterocycles. The van der Waals surface area contributed by atoms with Crippen molar-refractivity contribution in [2.24, 2.45) is 0 Å². The quantitative estimate of drug-likeness (QED) is 0.567. The number of aliphatic hydroxyl groups is 1. The van der Waals surface area contributed by atoms with E-state index in [-0.39, 0.29) is 6.10 Å². The fourth-order valence-corrected chi connectivity index (χ4v) is 1.59. The Balaban J connectivity index is 3.13. The normalized spacial score (nSPS) is 13.4. The summed E-state index contributed by atoms with van der Waals surface area (Å²) in [4.78, 5) is 2.20. The van der Waals surface area contributed by atoms with Crippen LogP contribution in [0.25, 0.3) is 0 Å². The van der Waals surface area contributed by atoms with Crippen LogP contribution in [0.1, 0.15) is 38.5 Å². The largest absolute Gasteiger partial charge is 0.393 e. The summed E-state index contributed by atoms with van der Waals surface area (Å²) >= 11 is 0. The lowest BCUT2D eigenvalue weighted by atomic mass is 10.1. The molecule has 0 aliphatic carbocycles. The summed E-state index contributed by atoms with van der Waals surface area (Å²) in [5.74, 6) is 0. The van der Waals surface area contributed by atoms with Crippen LogP contribution in [0, 0.1) is 0 Å². The summed E-state index contributed by atoms with van der Waals surface area (Å²) in [5, 5.41) is 9.62. The molecule has 0 aromatic heterocycles. The number of hydrogen-bond acceptors (Lipinski definition) is 3. The van der Waals surface area contributed by atoms with Gasteiger partial charge in [-0.05, 0) is 46.3 Å². The molecule has 0 radical (unpaired) electrons. The van der Waals surface area contributed by atoms with Gasteiger partial charge in [-0.2, -0.15) is 0 Å². The number of unbranched alkanes of at least 4 members (excludes halogenated alkanes) is 2. The lowest BCUT2D eigenvalue weighted by Crippen LogP contribution is -2.13. The van der Waals surface area contributed by atoms with Gasteiger partial charge in [0.15, 0.2) is 0 Å². The zero-order valence-corrected chi connectivity index (χ0v) is 10.5. The predicted octanol–water partition coefficient (Wildman–Crippen LogP) is 1.90. The van der Waals surface area contributed by atoms with E-state index in [1.807, 2.05) is 0 Å². The molecule has 1 N–H and O–H groups in total. The van der Waals surface area contributed by atoms with Gasteiger partial charge in [-0.25, -0.2) is 0 Å². The van der Waals surface area contributed by atoms with Crippen molar-refractivity contribution in [3.8, 4) is 0 Å². The van der Waals surface area contributed by atoms with Gasteiger partial charge >= 0.3 is 0 Å². The summed E-state index contributed by atoms with van der Waals surface area (Å²) in [6.45, 7) is 1.91. The highest BCUT2D eigenvalue weighted by Gasteiger charge is 2.03. The lowest BCUT2D eigenvalue weighted by molar-refractivity contribution is 0.126. The van der Waals surface area contributed by atoms with Gasteiger partial charge in [0, 0.05) is 13.7 Å². The highest BCUT2D eigenvalue weighted by molar-refractivity contribution is 4.56. The van der Waals surface area contributed by atoms with Crippen molar-refractivity contribution in [1.82, 2.24) is 4.90 Å². The molecule has 0 spiro atoms. The highest BCUT2D eigenvalue weighted by Crippen LogP contribution is 2.08. The predicted molar refractivity (Wildman–Crippen MR) is 64.1 cm³/mol. The zero-order chi connectivity index (χ0) is 11.5. The standard InChI is InChI=1S/C12H27NO2/c1-13(2)10-6-4-5-8-12(14)9-7-11-15-3/h12,14H,4-11H2,1-3H3/t12-/m0/s1. The molecule has 3 heteroatoms. The molecule has 0 bridgehead atoms. The molecule has 0 aliphatic rings. The molecule has 1 atom stereocenters. The lowest BCUT2D eigenvalue weighted by Gasteiger charge is -2.11. The maximum Gasteiger partial charge on any atom is 0.0541 e. The number of hydrogen-bond donors (Lipinski definition) is 1. The Morgan fingerprint density at radius 2 is 1.73 bits per heavy atom. The van der Waals surface area contributed by atoms with Crippen molar-refractivity contribution >= 4 is 0 Å². The minimum atomic E-state index is -0.125. The molecule has 0 rings (SSSR count). The van der Waals surface area contributed by atoms with Crippen LogP contribution in [0.5, 0.6) is 0 Å². The molecule has 0 amide bonds. The van der Waals surface area contributed by atoms with Crippen LogP contribution in [0.3, 0.4) is 0 Å². The first-order chi connectivity index (χ1) is 7.16. The SMILES string of the molecule is COCCC[C@@H](O)CCCCCN(C)C. The highest BCUT2D eigenvalue weighted by atomic mass is 16.5. The van der Waals surface area contributed by atoms with Gasteiger partial charge in [0.2, 0.25) is 0 Å². The molecular formula is C12H27NO2. The van der Waals surface area contributed by atoms with Crippen LogP contribution < -0.4 is 0 Å². The molecule has 0 unspecified atom stereocenters. The van der Waals surface area contributed by atoms with Crippen LogP contribution in [-0.2, 0) is 4.74 Å². The summed E-state index contributed by atoms with van der Waals surface area (Å²) in [7, 11) is 5.90. The second-order valence-corrected chi connectivity index (χ2v) is 4.44. The van der Waals surface area contributed by atoms with E-state index in [4.69, 9.17) is 4.74 Å². The monoisotopic (exact) mass is 217 g/mol. The number of ether oxygens (including phenoxy) is 1. The van der Waals surface area contributed by atoms with Crippen molar-refractivity contribution < 1.29 is 9.84 Å². The van der Waals surface area contributed by atoms with E-state index >= 15 is 0 Å². The van der Waals surface area contributed by atoms with E-state index in [0.717, 1.165) is 38.8 Å². The first-order valence-electron chi connectivity index (χ1n) is 5.98. The Kier molecular flexibility index (Phi) is 10.3. The van der Waals surface area contributed by atoms with Gasteiger partial charge in [0.05, 0.1) is 6.10 Å². The first kappa shape index (κ1) is 14.9. The van der Waals surface area contributed by atoms with Crippen molar-refractivity contribution in [2.75, 3.05) is 34.4 Å². The molecule has 92 valence electrons. The fourth-order valence-electron chi connectivity index (χ4n) is 1.59. The minimum Gasteiger partial charge on any atom is -0.393 e. The smallest absolute Gasteiger partial charge is 0.0541 e. The van der Waals surface area contributed by atoms with Gasteiger partial charge in [0.25, 0.3) is 0 Å². The van der Waals surface area contributed by atoms with Gasteiger partial charge in [-0.3, -0.25) is 0 Å². The zero-order valence-electron chi connectivity index (χ0n) is 10.5. The Morgan fingerprint density at radius 3 is 2.33 bits per heavy atom. The topological polar surface area (TPSA) is 32.7 Å². The molecule has 0 aliphatic heterocycles. The van der Waals surface area contributed by atoms with Crippen molar-refractivity contribution in [2.45, 2.75) is 44.6 Å². The second kappa shape index (κ2) is 10.4. The molecule has 0 heterocycles. The summed E-state index contributed by atoms with van der Waals surface area (Å²) in [6.07, 6.45) is 6.26.